The van der Waals surface area contributed by atoms with E-state index in [0.717, 1.165) is 11.0 Å². The van der Waals surface area contributed by atoms with Crippen LogP contribution in [0.3, 0.4) is 0 Å². The normalized spacial score (nSPS) is 11.8. The first-order valence-corrected chi connectivity index (χ1v) is 8.02. The van der Waals surface area contributed by atoms with Crippen LogP contribution in [0.4, 0.5) is 0 Å². The molecular formula is C18H36N2+2. The van der Waals surface area contributed by atoms with E-state index in [0.29, 0.717) is 0 Å². The highest BCUT2D eigenvalue weighted by Crippen LogP contribution is 2.05. The predicted octanol–water partition coefficient (Wildman–Crippen LogP) is 3.78. The maximum Gasteiger partial charge on any atom is 0.104 e. The molecule has 1 aromatic carbocycles. The second kappa shape index (κ2) is 9.15. The quantitative estimate of drug-likeness (QED) is 0.696. The van der Waals surface area contributed by atoms with Crippen molar-refractivity contribution in [1.82, 2.24) is 0 Å². The molecule has 2 heteroatoms. The summed E-state index contributed by atoms with van der Waals surface area (Å²) in [5.41, 5.74) is 1.40. The third-order valence-corrected chi connectivity index (χ3v) is 4.18. The van der Waals surface area contributed by atoms with Crippen LogP contribution in [-0.4, -0.2) is 56.3 Å². The van der Waals surface area contributed by atoms with Crippen LogP contribution < -0.4 is 0 Å². The molecule has 0 spiro atoms. The topological polar surface area (TPSA) is 0 Å². The lowest BCUT2D eigenvalue weighted by Crippen LogP contribution is -2.47. The van der Waals surface area contributed by atoms with Gasteiger partial charge in [0, 0.05) is 5.56 Å². The van der Waals surface area contributed by atoms with E-state index in [1.165, 1.54) is 36.2 Å². The molecule has 116 valence electrons. The molecule has 1 aromatic rings. The molecule has 0 fully saturated rings. The summed E-state index contributed by atoms with van der Waals surface area (Å²) < 4.78 is 2.27. The van der Waals surface area contributed by atoms with E-state index in [9.17, 15) is 0 Å². The maximum absolute atomic E-state index is 2.27. The molecule has 0 saturated heterocycles. The third-order valence-electron chi connectivity index (χ3n) is 4.18. The number of rotatable bonds is 6. The molecule has 0 atom stereocenters. The lowest BCUT2D eigenvalue weighted by Gasteiger charge is -2.34. The molecule has 0 bridgehead atoms. The summed E-state index contributed by atoms with van der Waals surface area (Å²) in [7, 11) is 6.60. The van der Waals surface area contributed by atoms with Crippen LogP contribution in [-0.2, 0) is 6.54 Å². The summed E-state index contributed by atoms with van der Waals surface area (Å²) in [5.74, 6) is 0. The average molecular weight is 280 g/mol. The summed E-state index contributed by atoms with van der Waals surface area (Å²) in [6.45, 7) is 15.3. The fourth-order valence-electron chi connectivity index (χ4n) is 2.47. The second-order valence-electron chi connectivity index (χ2n) is 6.54. The summed E-state index contributed by atoms with van der Waals surface area (Å²) in [4.78, 5) is 0. The Hall–Kier alpha value is -0.860. The minimum atomic E-state index is 0.990. The summed E-state index contributed by atoms with van der Waals surface area (Å²) >= 11 is 0. The maximum atomic E-state index is 2.27. The zero-order valence-corrected chi connectivity index (χ0v) is 14.8. The Morgan fingerprint density at radius 1 is 0.700 bits per heavy atom. The van der Waals surface area contributed by atoms with Crippen LogP contribution >= 0.6 is 0 Å². The van der Waals surface area contributed by atoms with Gasteiger partial charge in [0.1, 0.15) is 6.54 Å². The molecule has 0 aliphatic carbocycles. The fraction of sp³-hybridized carbons (Fsp3) is 0.667. The van der Waals surface area contributed by atoms with Crippen molar-refractivity contribution in [2.45, 2.75) is 34.2 Å². The Kier molecular flexibility index (Phi) is 8.75. The van der Waals surface area contributed by atoms with E-state index in [1.54, 1.807) is 0 Å². The van der Waals surface area contributed by atoms with Gasteiger partial charge in [-0.25, -0.2) is 0 Å². The van der Waals surface area contributed by atoms with Crippen molar-refractivity contribution in [1.29, 1.82) is 0 Å². The molecule has 20 heavy (non-hydrogen) atoms. The molecule has 0 amide bonds. The molecule has 0 unspecified atom stereocenters. The van der Waals surface area contributed by atoms with Gasteiger partial charge in [0.05, 0.1) is 47.3 Å². The van der Waals surface area contributed by atoms with Gasteiger partial charge in [-0.05, 0) is 27.7 Å². The number of nitrogens with zero attached hydrogens (tertiary/aromatic N) is 2. The SMILES string of the molecule is CC[N+](CC)(CC)CC.C[N+](C)(C)Cc1ccccc1. The largest absolute Gasteiger partial charge is 0.327 e. The van der Waals surface area contributed by atoms with Gasteiger partial charge < -0.3 is 8.97 Å². The minimum absolute atomic E-state index is 0.990. The van der Waals surface area contributed by atoms with Crippen molar-refractivity contribution in [2.24, 2.45) is 0 Å². The van der Waals surface area contributed by atoms with Crippen LogP contribution in [0.1, 0.15) is 33.3 Å². The molecule has 0 radical (unpaired) electrons. The highest BCUT2D eigenvalue weighted by molar-refractivity contribution is 5.13. The lowest BCUT2D eigenvalue weighted by atomic mass is 10.2. The Bertz CT molecular complexity index is 317. The van der Waals surface area contributed by atoms with E-state index in [1.807, 2.05) is 0 Å². The van der Waals surface area contributed by atoms with E-state index in [2.05, 4.69) is 79.2 Å². The monoisotopic (exact) mass is 280 g/mol. The van der Waals surface area contributed by atoms with Crippen molar-refractivity contribution in [3.8, 4) is 0 Å². The van der Waals surface area contributed by atoms with Gasteiger partial charge >= 0.3 is 0 Å². The number of hydrogen-bond donors (Lipinski definition) is 0. The van der Waals surface area contributed by atoms with Gasteiger partial charge in [0.2, 0.25) is 0 Å². The smallest absolute Gasteiger partial charge is 0.104 e. The zero-order valence-electron chi connectivity index (χ0n) is 14.8. The van der Waals surface area contributed by atoms with E-state index < -0.39 is 0 Å². The summed E-state index contributed by atoms with van der Waals surface area (Å²) in [5, 5.41) is 0. The molecule has 0 aliphatic heterocycles. The van der Waals surface area contributed by atoms with Gasteiger partial charge in [-0.15, -0.1) is 0 Å². The molecule has 0 saturated carbocycles. The van der Waals surface area contributed by atoms with Crippen LogP contribution in [0.15, 0.2) is 30.3 Å². The van der Waals surface area contributed by atoms with Crippen LogP contribution in [0, 0.1) is 0 Å². The van der Waals surface area contributed by atoms with Crippen molar-refractivity contribution in [3.05, 3.63) is 35.9 Å². The van der Waals surface area contributed by atoms with E-state index >= 15 is 0 Å². The number of hydrogen-bond acceptors (Lipinski definition) is 0. The zero-order chi connectivity index (χ0) is 15.6. The van der Waals surface area contributed by atoms with Gasteiger partial charge in [0.25, 0.3) is 0 Å². The van der Waals surface area contributed by atoms with Gasteiger partial charge in [-0.2, -0.15) is 0 Å². The van der Waals surface area contributed by atoms with Crippen LogP contribution in [0.5, 0.6) is 0 Å². The average Bonchev–Trinajstić information content (AvgIpc) is 2.42. The highest BCUT2D eigenvalue weighted by atomic mass is 15.3. The Morgan fingerprint density at radius 3 is 1.35 bits per heavy atom. The van der Waals surface area contributed by atoms with Gasteiger partial charge in [0.15, 0.2) is 0 Å². The molecule has 2 nitrogen and oxygen atoms in total. The Balaban J connectivity index is 0.000000370. The minimum Gasteiger partial charge on any atom is -0.327 e. The van der Waals surface area contributed by atoms with Gasteiger partial charge in [-0.1, -0.05) is 30.3 Å². The van der Waals surface area contributed by atoms with Crippen LogP contribution in [0.25, 0.3) is 0 Å². The fourth-order valence-corrected chi connectivity index (χ4v) is 2.47. The highest BCUT2D eigenvalue weighted by Gasteiger charge is 2.16. The van der Waals surface area contributed by atoms with E-state index in [-0.39, 0.29) is 0 Å². The summed E-state index contributed by atoms with van der Waals surface area (Å²) in [6, 6.07) is 10.6. The lowest BCUT2D eigenvalue weighted by molar-refractivity contribution is -0.921. The Morgan fingerprint density at radius 2 is 1.10 bits per heavy atom. The standard InChI is InChI=1S/C10H16N.C8H20N/c1-11(2,3)9-10-7-5-4-6-8-10;1-5-9(6-2,7-3)8-4/h4-8H,9H2,1-3H3;5-8H2,1-4H3/q2*+1. The molecular weight excluding hydrogens is 244 g/mol. The van der Waals surface area contributed by atoms with Gasteiger partial charge in [-0.3, -0.25) is 0 Å². The summed E-state index contributed by atoms with van der Waals surface area (Å²) in [6.07, 6.45) is 0. The second-order valence-corrected chi connectivity index (χ2v) is 6.54. The number of quaternary nitrogens is 2. The number of benzene rings is 1. The molecule has 0 heterocycles. The van der Waals surface area contributed by atoms with Crippen molar-refractivity contribution >= 4 is 0 Å². The molecule has 0 N–H and O–H groups in total. The Labute approximate surface area is 127 Å². The van der Waals surface area contributed by atoms with E-state index in [4.69, 9.17) is 0 Å². The first-order chi connectivity index (χ1) is 9.32. The first-order valence-electron chi connectivity index (χ1n) is 8.02. The first kappa shape index (κ1) is 19.1. The molecule has 1 rings (SSSR count). The van der Waals surface area contributed by atoms with Crippen LogP contribution in [0.2, 0.25) is 0 Å². The third kappa shape index (κ3) is 7.66. The predicted molar refractivity (Wildman–Crippen MR) is 90.6 cm³/mol. The van der Waals surface area contributed by atoms with Crippen molar-refractivity contribution in [2.75, 3.05) is 47.3 Å². The molecule has 0 aliphatic rings. The van der Waals surface area contributed by atoms with Crippen molar-refractivity contribution in [3.63, 3.8) is 0 Å². The van der Waals surface area contributed by atoms with Crippen molar-refractivity contribution < 1.29 is 8.97 Å². The molecule has 0 aromatic heterocycles.